The second-order valence-electron chi connectivity index (χ2n) is 8.74. The summed E-state index contributed by atoms with van der Waals surface area (Å²) in [6.07, 6.45) is 3.50. The highest BCUT2D eigenvalue weighted by Crippen LogP contribution is 2.60. The van der Waals surface area contributed by atoms with Crippen LogP contribution < -0.4 is 5.32 Å². The lowest BCUT2D eigenvalue weighted by Crippen LogP contribution is -2.54. The number of rotatable bonds is 2. The van der Waals surface area contributed by atoms with Gasteiger partial charge in [0.15, 0.2) is 0 Å². The predicted octanol–water partition coefficient (Wildman–Crippen LogP) is 1.85. The molecule has 0 aromatic heterocycles. The second kappa shape index (κ2) is 6.12. The van der Waals surface area contributed by atoms with E-state index in [4.69, 9.17) is 4.74 Å². The number of carbonyl (C=O) groups excluding carboxylic acids is 3. The van der Waals surface area contributed by atoms with Crippen LogP contribution in [-0.2, 0) is 24.7 Å². The number of imide groups is 1. The third-order valence-electron chi connectivity index (χ3n) is 7.46. The van der Waals surface area contributed by atoms with Crippen LogP contribution in [0.15, 0.2) is 22.7 Å². The van der Waals surface area contributed by atoms with E-state index in [0.29, 0.717) is 13.2 Å². The van der Waals surface area contributed by atoms with Gasteiger partial charge in [-0.1, -0.05) is 15.9 Å². The number of nitrogens with one attached hydrogen (secondary N) is 1. The fraction of sp³-hybridized carbons (Fsp3) is 0.571. The Hall–Kier alpha value is -1.77. The SMILES string of the molecule is O=C1[C@@H]2[C@@H]3CCCN3[C@]3(C(=O)Nc4ccc(Br)cc43)[C@H]2C(=O)N1C[C@H]1CCCO1. The molecular weight excluding hydrogens is 438 g/mol. The molecule has 6 rings (SSSR count). The first-order valence-electron chi connectivity index (χ1n) is 10.4. The molecule has 8 heteroatoms. The predicted molar refractivity (Wildman–Crippen MR) is 107 cm³/mol. The zero-order valence-corrected chi connectivity index (χ0v) is 17.5. The van der Waals surface area contributed by atoms with E-state index >= 15 is 0 Å². The Labute approximate surface area is 176 Å². The minimum absolute atomic E-state index is 0.0679. The monoisotopic (exact) mass is 459 g/mol. The fourth-order valence-corrected chi connectivity index (χ4v) is 6.77. The Kier molecular flexibility index (Phi) is 3.81. The normalized spacial score (nSPS) is 38.1. The highest BCUT2D eigenvalue weighted by molar-refractivity contribution is 9.10. The Morgan fingerprint density at radius 2 is 2.03 bits per heavy atom. The number of benzene rings is 1. The van der Waals surface area contributed by atoms with Crippen molar-refractivity contribution in [3.8, 4) is 0 Å². The molecule has 1 spiro atoms. The van der Waals surface area contributed by atoms with Crippen molar-refractivity contribution in [3.63, 3.8) is 0 Å². The van der Waals surface area contributed by atoms with Gasteiger partial charge in [-0.2, -0.15) is 0 Å². The summed E-state index contributed by atoms with van der Waals surface area (Å²) in [5, 5.41) is 3.00. The van der Waals surface area contributed by atoms with Gasteiger partial charge in [0.25, 0.3) is 0 Å². The minimum Gasteiger partial charge on any atom is -0.376 e. The van der Waals surface area contributed by atoms with Gasteiger partial charge in [-0.3, -0.25) is 24.2 Å². The van der Waals surface area contributed by atoms with Crippen LogP contribution in [0, 0.1) is 11.8 Å². The average molecular weight is 460 g/mol. The number of hydrogen-bond donors (Lipinski definition) is 1. The number of ether oxygens (including phenoxy) is 1. The molecule has 7 nitrogen and oxygen atoms in total. The van der Waals surface area contributed by atoms with Crippen molar-refractivity contribution < 1.29 is 19.1 Å². The number of halogens is 1. The first-order chi connectivity index (χ1) is 14.0. The van der Waals surface area contributed by atoms with E-state index in [-0.39, 0.29) is 29.9 Å². The molecule has 1 N–H and O–H groups in total. The van der Waals surface area contributed by atoms with E-state index in [0.717, 1.165) is 48.0 Å². The van der Waals surface area contributed by atoms with Gasteiger partial charge in [-0.25, -0.2) is 0 Å². The quantitative estimate of drug-likeness (QED) is 0.682. The fourth-order valence-electron chi connectivity index (χ4n) is 6.41. The van der Waals surface area contributed by atoms with Crippen molar-refractivity contribution in [1.29, 1.82) is 0 Å². The Morgan fingerprint density at radius 1 is 1.17 bits per heavy atom. The maximum Gasteiger partial charge on any atom is 0.250 e. The van der Waals surface area contributed by atoms with Crippen LogP contribution in [0.5, 0.6) is 0 Å². The third kappa shape index (κ3) is 2.17. The van der Waals surface area contributed by atoms with Crippen LogP contribution in [-0.4, -0.2) is 59.4 Å². The molecule has 5 aliphatic rings. The number of nitrogens with zero attached hydrogens (tertiary/aromatic N) is 2. The molecule has 5 heterocycles. The van der Waals surface area contributed by atoms with Gasteiger partial charge < -0.3 is 10.1 Å². The summed E-state index contributed by atoms with van der Waals surface area (Å²) in [6, 6.07) is 5.63. The summed E-state index contributed by atoms with van der Waals surface area (Å²) >= 11 is 3.52. The highest BCUT2D eigenvalue weighted by atomic mass is 79.9. The van der Waals surface area contributed by atoms with Crippen LogP contribution in [0.3, 0.4) is 0 Å². The van der Waals surface area contributed by atoms with Crippen LogP contribution in [0.25, 0.3) is 0 Å². The zero-order chi connectivity index (χ0) is 19.9. The van der Waals surface area contributed by atoms with E-state index in [1.54, 1.807) is 0 Å². The summed E-state index contributed by atoms with van der Waals surface area (Å²) in [7, 11) is 0. The van der Waals surface area contributed by atoms with Crippen molar-refractivity contribution >= 4 is 39.3 Å². The van der Waals surface area contributed by atoms with E-state index < -0.39 is 17.4 Å². The first kappa shape index (κ1) is 18.0. The van der Waals surface area contributed by atoms with Crippen molar-refractivity contribution in [2.24, 2.45) is 11.8 Å². The smallest absolute Gasteiger partial charge is 0.250 e. The third-order valence-corrected chi connectivity index (χ3v) is 7.95. The lowest BCUT2D eigenvalue weighted by Gasteiger charge is -2.37. The maximum absolute atomic E-state index is 13.6. The summed E-state index contributed by atoms with van der Waals surface area (Å²) in [5.41, 5.74) is 0.460. The molecule has 0 saturated carbocycles. The molecule has 0 radical (unpaired) electrons. The lowest BCUT2D eigenvalue weighted by atomic mass is 9.75. The summed E-state index contributed by atoms with van der Waals surface area (Å²) in [4.78, 5) is 44.1. The van der Waals surface area contributed by atoms with Gasteiger partial charge in [-0.05, 0) is 50.4 Å². The number of anilines is 1. The molecule has 0 unspecified atom stereocenters. The maximum atomic E-state index is 13.6. The topological polar surface area (TPSA) is 79.0 Å². The van der Waals surface area contributed by atoms with Crippen LogP contribution in [0.4, 0.5) is 5.69 Å². The zero-order valence-electron chi connectivity index (χ0n) is 15.9. The van der Waals surface area contributed by atoms with E-state index in [1.165, 1.54) is 4.90 Å². The molecule has 152 valence electrons. The summed E-state index contributed by atoms with van der Waals surface area (Å²) in [6.45, 7) is 1.71. The molecule has 5 atom stereocenters. The Bertz CT molecular complexity index is 946. The van der Waals surface area contributed by atoms with Crippen LogP contribution in [0.1, 0.15) is 31.2 Å². The van der Waals surface area contributed by atoms with E-state index in [9.17, 15) is 14.4 Å². The molecule has 4 saturated heterocycles. The van der Waals surface area contributed by atoms with Crippen molar-refractivity contribution in [3.05, 3.63) is 28.2 Å². The van der Waals surface area contributed by atoms with Gasteiger partial charge in [0, 0.05) is 28.4 Å². The minimum atomic E-state index is -1.09. The first-order valence-corrected chi connectivity index (χ1v) is 11.2. The van der Waals surface area contributed by atoms with Gasteiger partial charge in [0.05, 0.1) is 24.5 Å². The van der Waals surface area contributed by atoms with Gasteiger partial charge in [0.2, 0.25) is 17.7 Å². The van der Waals surface area contributed by atoms with Crippen molar-refractivity contribution in [1.82, 2.24) is 9.80 Å². The Balaban J connectivity index is 1.48. The van der Waals surface area contributed by atoms with E-state index in [2.05, 4.69) is 26.1 Å². The Morgan fingerprint density at radius 3 is 2.83 bits per heavy atom. The number of amides is 3. The number of likely N-dealkylation sites (tertiary alicyclic amines) is 1. The van der Waals surface area contributed by atoms with Gasteiger partial charge >= 0.3 is 0 Å². The molecule has 0 bridgehead atoms. The standard InChI is InChI=1S/C21H22BrN3O4/c22-11-5-6-14-13(9-11)21(20(28)23-14)17-16(15-4-1-7-25(15)21)18(26)24(19(17)27)10-12-3-2-8-29-12/h5-6,9,12,15-17H,1-4,7-8,10H2,(H,23,28)/t12-,15+,16-,17-,21+/m1/s1. The number of hydrogen-bond acceptors (Lipinski definition) is 5. The molecule has 0 aliphatic carbocycles. The van der Waals surface area contributed by atoms with Gasteiger partial charge in [0.1, 0.15) is 5.54 Å². The highest BCUT2D eigenvalue weighted by Gasteiger charge is 2.74. The van der Waals surface area contributed by atoms with Crippen LogP contribution in [0.2, 0.25) is 0 Å². The van der Waals surface area contributed by atoms with Crippen molar-refractivity contribution in [2.45, 2.75) is 43.4 Å². The van der Waals surface area contributed by atoms with Crippen molar-refractivity contribution in [2.75, 3.05) is 25.0 Å². The lowest BCUT2D eigenvalue weighted by molar-refractivity contribution is -0.147. The molecule has 4 fully saturated rings. The number of fused-ring (bicyclic) bond motifs is 7. The molecule has 1 aromatic carbocycles. The van der Waals surface area contributed by atoms with E-state index in [1.807, 2.05) is 18.2 Å². The molecular formula is C21H22BrN3O4. The van der Waals surface area contributed by atoms with Crippen LogP contribution >= 0.6 is 15.9 Å². The molecule has 3 amide bonds. The van der Waals surface area contributed by atoms with Gasteiger partial charge in [-0.15, -0.1) is 0 Å². The molecule has 1 aromatic rings. The molecule has 5 aliphatic heterocycles. The summed E-state index contributed by atoms with van der Waals surface area (Å²) < 4.78 is 6.55. The summed E-state index contributed by atoms with van der Waals surface area (Å²) in [5.74, 6) is -1.64. The average Bonchev–Trinajstić information content (AvgIpc) is 3.47. The number of carbonyl (C=O) groups is 3. The second-order valence-corrected chi connectivity index (χ2v) is 9.65. The molecule has 29 heavy (non-hydrogen) atoms. The largest absolute Gasteiger partial charge is 0.376 e.